The Morgan fingerprint density at radius 1 is 1.12 bits per heavy atom. The van der Waals surface area contributed by atoms with Gasteiger partial charge in [-0.3, -0.25) is 9.59 Å². The second-order valence-corrected chi connectivity index (χ2v) is 7.72. The van der Waals surface area contributed by atoms with Crippen LogP contribution in [0.4, 0.5) is 24.5 Å². The maximum Gasteiger partial charge on any atom is 0.406 e. The zero-order valence-corrected chi connectivity index (χ0v) is 15.2. The summed E-state index contributed by atoms with van der Waals surface area (Å²) in [4.78, 5) is 22.9. The van der Waals surface area contributed by atoms with E-state index >= 15 is 0 Å². The maximum absolute atomic E-state index is 12.7. The van der Waals surface area contributed by atoms with Gasteiger partial charge in [0.1, 0.15) is 0 Å². The molecule has 26 heavy (non-hydrogen) atoms. The molecular formula is C15H20F3N3O4S. The number of hydrogen-bond donors (Lipinski definition) is 2. The minimum absolute atomic E-state index is 0.274. The molecule has 0 aliphatic rings. The lowest BCUT2D eigenvalue weighted by atomic mass is 10.2. The van der Waals surface area contributed by atoms with Gasteiger partial charge in [0.05, 0.1) is 6.54 Å². The summed E-state index contributed by atoms with van der Waals surface area (Å²) in [7, 11) is -4.72. The molecule has 0 aliphatic heterocycles. The number of sulfonamides is 1. The highest BCUT2D eigenvalue weighted by Gasteiger charge is 2.47. The van der Waals surface area contributed by atoms with Gasteiger partial charge < -0.3 is 10.6 Å². The van der Waals surface area contributed by atoms with Gasteiger partial charge in [-0.1, -0.05) is 6.92 Å². The Hall–Kier alpha value is -2.14. The van der Waals surface area contributed by atoms with Crippen LogP contribution in [-0.4, -0.2) is 49.1 Å². The molecule has 146 valence electrons. The van der Waals surface area contributed by atoms with Crippen LogP contribution < -0.4 is 10.6 Å². The van der Waals surface area contributed by atoms with Gasteiger partial charge in [-0.15, -0.1) is 0 Å². The maximum atomic E-state index is 12.7. The summed E-state index contributed by atoms with van der Waals surface area (Å²) in [6.07, 6.45) is -4.93. The first-order valence-electron chi connectivity index (χ1n) is 7.61. The van der Waals surface area contributed by atoms with E-state index in [1.54, 1.807) is 0 Å². The molecule has 2 amide bonds. The minimum Gasteiger partial charge on any atom is -0.326 e. The van der Waals surface area contributed by atoms with Gasteiger partial charge in [0, 0.05) is 24.8 Å². The third-order valence-electron chi connectivity index (χ3n) is 3.43. The van der Waals surface area contributed by atoms with E-state index in [9.17, 15) is 31.2 Å². The van der Waals surface area contributed by atoms with Crippen LogP contribution in [0.15, 0.2) is 24.3 Å². The molecule has 1 aromatic carbocycles. The molecule has 11 heteroatoms. The Bertz CT molecular complexity index is 748. The number of nitrogens with one attached hydrogen (secondary N) is 2. The molecule has 1 rings (SSSR count). The quantitative estimate of drug-likeness (QED) is 0.740. The van der Waals surface area contributed by atoms with Crippen LogP contribution in [0.3, 0.4) is 0 Å². The van der Waals surface area contributed by atoms with Crippen molar-refractivity contribution in [2.75, 3.05) is 23.7 Å². The van der Waals surface area contributed by atoms with Gasteiger partial charge in [-0.2, -0.15) is 17.5 Å². The van der Waals surface area contributed by atoms with Crippen molar-refractivity contribution >= 4 is 33.2 Å². The normalized spacial score (nSPS) is 13.3. The van der Waals surface area contributed by atoms with Crippen LogP contribution in [0.25, 0.3) is 0 Å². The average molecular weight is 395 g/mol. The highest BCUT2D eigenvalue weighted by molar-refractivity contribution is 7.89. The Labute approximate surface area is 149 Å². The molecule has 0 bridgehead atoms. The van der Waals surface area contributed by atoms with Crippen molar-refractivity contribution in [3.05, 3.63) is 24.3 Å². The van der Waals surface area contributed by atoms with Crippen molar-refractivity contribution in [1.29, 1.82) is 0 Å². The molecule has 0 radical (unpaired) electrons. The fourth-order valence-electron chi connectivity index (χ4n) is 1.98. The first-order chi connectivity index (χ1) is 11.9. The SMILES string of the molecule is CCN(CC(=O)Nc1ccc(NC(C)=O)cc1)S(=O)(=O)[C@@H](C)C(F)(F)F. The van der Waals surface area contributed by atoms with Gasteiger partial charge >= 0.3 is 6.18 Å². The van der Waals surface area contributed by atoms with Crippen molar-refractivity contribution in [3.8, 4) is 0 Å². The molecule has 0 spiro atoms. The molecule has 0 saturated heterocycles. The van der Waals surface area contributed by atoms with Gasteiger partial charge in [0.2, 0.25) is 21.8 Å². The number of rotatable bonds is 7. The molecule has 0 saturated carbocycles. The average Bonchev–Trinajstić information content (AvgIpc) is 2.52. The minimum atomic E-state index is -4.93. The van der Waals surface area contributed by atoms with Gasteiger partial charge in [-0.05, 0) is 31.2 Å². The Morgan fingerprint density at radius 3 is 1.96 bits per heavy atom. The van der Waals surface area contributed by atoms with E-state index in [4.69, 9.17) is 0 Å². The lowest BCUT2D eigenvalue weighted by Gasteiger charge is -2.25. The summed E-state index contributed by atoms with van der Waals surface area (Å²) in [5, 5.41) is 2.31. The third kappa shape index (κ3) is 5.99. The van der Waals surface area contributed by atoms with Crippen molar-refractivity contribution in [2.45, 2.75) is 32.2 Å². The first-order valence-corrected chi connectivity index (χ1v) is 9.11. The Morgan fingerprint density at radius 2 is 1.58 bits per heavy atom. The van der Waals surface area contributed by atoms with E-state index in [-0.39, 0.29) is 12.5 Å². The highest BCUT2D eigenvalue weighted by atomic mass is 32.2. The van der Waals surface area contributed by atoms with E-state index in [2.05, 4.69) is 10.6 Å². The van der Waals surface area contributed by atoms with Crippen molar-refractivity contribution < 1.29 is 31.2 Å². The number of alkyl halides is 3. The summed E-state index contributed by atoms with van der Waals surface area (Å²) < 4.78 is 62.7. The monoisotopic (exact) mass is 395 g/mol. The van der Waals surface area contributed by atoms with E-state index in [0.29, 0.717) is 22.6 Å². The van der Waals surface area contributed by atoms with Gasteiger partial charge in [0.15, 0.2) is 5.25 Å². The summed E-state index contributed by atoms with van der Waals surface area (Å²) in [6.45, 7) is 2.19. The fraction of sp³-hybridized carbons (Fsp3) is 0.467. The zero-order chi connectivity index (χ0) is 20.1. The standard InChI is InChI=1S/C15H20F3N3O4S/c1-4-21(26(24,25)10(2)15(16,17)18)9-14(23)20-13-7-5-12(6-8-13)19-11(3)22/h5-8,10H,4,9H2,1-3H3,(H,19,22)(H,20,23)/t10-/m0/s1. The van der Waals surface area contributed by atoms with Crippen LogP contribution in [0.2, 0.25) is 0 Å². The second-order valence-electron chi connectivity index (χ2n) is 5.46. The number of benzene rings is 1. The molecule has 0 aliphatic carbocycles. The molecule has 1 atom stereocenters. The van der Waals surface area contributed by atoms with Crippen LogP contribution in [0, 0.1) is 0 Å². The van der Waals surface area contributed by atoms with Crippen LogP contribution >= 0.6 is 0 Å². The fourth-order valence-corrected chi connectivity index (χ4v) is 3.42. The number of hydrogen-bond acceptors (Lipinski definition) is 4. The van der Waals surface area contributed by atoms with Crippen molar-refractivity contribution in [2.24, 2.45) is 0 Å². The molecule has 1 aromatic rings. The smallest absolute Gasteiger partial charge is 0.326 e. The molecule has 0 heterocycles. The lowest BCUT2D eigenvalue weighted by Crippen LogP contribution is -2.47. The van der Waals surface area contributed by atoms with E-state index < -0.39 is 33.9 Å². The second kappa shape index (κ2) is 8.49. The molecular weight excluding hydrogens is 375 g/mol. The molecule has 0 unspecified atom stereocenters. The molecule has 7 nitrogen and oxygen atoms in total. The van der Waals surface area contributed by atoms with Gasteiger partial charge in [-0.25, -0.2) is 8.42 Å². The highest BCUT2D eigenvalue weighted by Crippen LogP contribution is 2.27. The van der Waals surface area contributed by atoms with Gasteiger partial charge in [0.25, 0.3) is 0 Å². The number of halogens is 3. The predicted molar refractivity (Wildman–Crippen MR) is 91.1 cm³/mol. The lowest BCUT2D eigenvalue weighted by molar-refractivity contribution is -0.128. The van der Waals surface area contributed by atoms with E-state index in [1.807, 2.05) is 0 Å². The van der Waals surface area contributed by atoms with E-state index in [0.717, 1.165) is 0 Å². The Kier molecular flexibility index (Phi) is 7.16. The summed E-state index contributed by atoms with van der Waals surface area (Å²) in [6, 6.07) is 5.95. The Balaban J connectivity index is 2.80. The van der Waals surface area contributed by atoms with E-state index in [1.165, 1.54) is 38.1 Å². The molecule has 2 N–H and O–H groups in total. The summed E-state index contributed by atoms with van der Waals surface area (Å²) in [5.74, 6) is -1.05. The first kappa shape index (κ1) is 21.9. The topological polar surface area (TPSA) is 95.6 Å². The molecule has 0 aromatic heterocycles. The van der Waals surface area contributed by atoms with Crippen LogP contribution in [0.5, 0.6) is 0 Å². The van der Waals surface area contributed by atoms with Crippen LogP contribution in [0.1, 0.15) is 20.8 Å². The molecule has 0 fully saturated rings. The zero-order valence-electron chi connectivity index (χ0n) is 14.4. The largest absolute Gasteiger partial charge is 0.406 e. The number of anilines is 2. The third-order valence-corrected chi connectivity index (χ3v) is 5.70. The van der Waals surface area contributed by atoms with Crippen molar-refractivity contribution in [3.63, 3.8) is 0 Å². The van der Waals surface area contributed by atoms with Crippen molar-refractivity contribution in [1.82, 2.24) is 4.31 Å². The number of nitrogens with zero attached hydrogens (tertiary/aromatic N) is 1. The number of likely N-dealkylation sites (N-methyl/N-ethyl adjacent to an activating group) is 1. The number of carbonyl (C=O) groups is 2. The predicted octanol–water partition coefficient (Wildman–Crippen LogP) is 2.19. The summed E-state index contributed by atoms with van der Waals surface area (Å²) >= 11 is 0. The van der Waals surface area contributed by atoms with Crippen LogP contribution in [-0.2, 0) is 19.6 Å². The summed E-state index contributed by atoms with van der Waals surface area (Å²) in [5.41, 5.74) is 0.800. The number of carbonyl (C=O) groups excluding carboxylic acids is 2. The number of amides is 2.